The van der Waals surface area contributed by atoms with E-state index in [0.717, 1.165) is 0 Å². The molecular formula is C4H9BNNa. The Morgan fingerprint density at radius 1 is 1.00 bits per heavy atom. The van der Waals surface area contributed by atoms with Gasteiger partial charge in [-0.05, 0) is 12.1 Å². The van der Waals surface area contributed by atoms with E-state index in [9.17, 15) is 0 Å². The minimum Gasteiger partial charge on any atom is -0.368 e. The molecule has 0 amide bonds. The molecule has 0 saturated carbocycles. The van der Waals surface area contributed by atoms with Crippen molar-refractivity contribution in [3.8, 4) is 0 Å². The number of H-pyrrole nitrogens is 1. The average molecular weight is 105 g/mol. The van der Waals surface area contributed by atoms with E-state index >= 15 is 0 Å². The monoisotopic (exact) mass is 105 g/mol. The van der Waals surface area contributed by atoms with Gasteiger partial charge in [-0.2, -0.15) is 0 Å². The predicted molar refractivity (Wildman–Crippen MR) is 32.1 cm³/mol. The number of hydrogen-bond donors (Lipinski definition) is 1. The minimum atomic E-state index is 0. The summed E-state index contributed by atoms with van der Waals surface area (Å²) in [7, 11) is 0. The van der Waals surface area contributed by atoms with Crippen LogP contribution in [-0.2, 0) is 0 Å². The van der Waals surface area contributed by atoms with Crippen LogP contribution in [0.15, 0.2) is 24.5 Å². The molecule has 0 bridgehead atoms. The summed E-state index contributed by atoms with van der Waals surface area (Å²) < 4.78 is 0. The van der Waals surface area contributed by atoms with Crippen molar-refractivity contribution in [3.63, 3.8) is 0 Å². The standard InChI is InChI=1S/C4H5N.BH4.Na/c1-2-4-5-3-1;;/h1-5H;1H4;/q;-1;+1. The van der Waals surface area contributed by atoms with Crippen LogP contribution in [0, 0.1) is 0 Å². The third-order valence-electron chi connectivity index (χ3n) is 0.496. The van der Waals surface area contributed by atoms with Crippen molar-refractivity contribution in [3.05, 3.63) is 24.5 Å². The fourth-order valence-electron chi connectivity index (χ4n) is 0.278. The van der Waals surface area contributed by atoms with Gasteiger partial charge in [0.2, 0.25) is 0 Å². The summed E-state index contributed by atoms with van der Waals surface area (Å²) in [5.41, 5.74) is 0. The molecule has 0 aromatic carbocycles. The molecule has 0 spiro atoms. The molecule has 0 radical (unpaired) electrons. The molecule has 34 valence electrons. The van der Waals surface area contributed by atoms with Crippen molar-refractivity contribution in [2.24, 2.45) is 0 Å². The third kappa shape index (κ3) is 4.19. The average Bonchev–Trinajstić information content (AvgIpc) is 1.76. The van der Waals surface area contributed by atoms with Crippen molar-refractivity contribution < 1.29 is 29.6 Å². The molecular weight excluding hydrogens is 95.9 g/mol. The van der Waals surface area contributed by atoms with Crippen molar-refractivity contribution in [2.75, 3.05) is 0 Å². The number of aromatic amines is 1. The molecule has 1 aromatic rings. The first-order valence-electron chi connectivity index (χ1n) is 1.58. The Hall–Kier alpha value is 0.345. The Kier molecular flexibility index (Phi) is 9.38. The second kappa shape index (κ2) is 6.34. The zero-order valence-corrected chi connectivity index (χ0v) is 5.81. The Balaban J connectivity index is 0. The molecule has 0 aliphatic carbocycles. The van der Waals surface area contributed by atoms with Crippen molar-refractivity contribution in [1.82, 2.24) is 4.98 Å². The number of rotatable bonds is 0. The molecule has 0 aliphatic rings. The zero-order chi connectivity index (χ0) is 3.54. The SMILES string of the molecule is [BH4-].[Na+].c1cc[nH]c1. The third-order valence-corrected chi connectivity index (χ3v) is 0.496. The summed E-state index contributed by atoms with van der Waals surface area (Å²) in [4.78, 5) is 2.86. The van der Waals surface area contributed by atoms with Gasteiger partial charge in [0.05, 0.1) is 0 Å². The van der Waals surface area contributed by atoms with Gasteiger partial charge in [-0.3, -0.25) is 0 Å². The molecule has 7 heavy (non-hydrogen) atoms. The molecule has 0 aliphatic heterocycles. The first-order valence-corrected chi connectivity index (χ1v) is 1.58. The molecule has 1 rings (SSSR count). The molecule has 0 unspecified atom stereocenters. The molecule has 1 heterocycles. The van der Waals surface area contributed by atoms with Crippen LogP contribution >= 0.6 is 0 Å². The van der Waals surface area contributed by atoms with Crippen LogP contribution in [0.3, 0.4) is 0 Å². The van der Waals surface area contributed by atoms with Crippen LogP contribution < -0.4 is 29.6 Å². The molecule has 1 aromatic heterocycles. The summed E-state index contributed by atoms with van der Waals surface area (Å²) in [5, 5.41) is 0. The van der Waals surface area contributed by atoms with Crippen LogP contribution in [0.5, 0.6) is 0 Å². The molecule has 1 N–H and O–H groups in total. The van der Waals surface area contributed by atoms with E-state index in [4.69, 9.17) is 0 Å². The molecule has 0 fully saturated rings. The summed E-state index contributed by atoms with van der Waals surface area (Å²) in [6, 6.07) is 3.89. The van der Waals surface area contributed by atoms with Crippen LogP contribution in [0.4, 0.5) is 0 Å². The predicted octanol–water partition coefficient (Wildman–Crippen LogP) is -3.43. The second-order valence-corrected chi connectivity index (χ2v) is 0.885. The van der Waals surface area contributed by atoms with Gasteiger partial charge < -0.3 is 4.98 Å². The van der Waals surface area contributed by atoms with E-state index < -0.39 is 0 Å². The van der Waals surface area contributed by atoms with Gasteiger partial charge in [-0.15, -0.1) is 0 Å². The fraction of sp³-hybridized carbons (Fsp3) is 0. The van der Waals surface area contributed by atoms with Gasteiger partial charge in [0, 0.05) is 12.4 Å². The Morgan fingerprint density at radius 3 is 1.57 bits per heavy atom. The largest absolute Gasteiger partial charge is 1.00 e. The van der Waals surface area contributed by atoms with Gasteiger partial charge in [-0.25, -0.2) is 0 Å². The maximum Gasteiger partial charge on any atom is 1.00 e. The Morgan fingerprint density at radius 2 is 1.43 bits per heavy atom. The Bertz CT molecular complexity index is 68.2. The topological polar surface area (TPSA) is 15.8 Å². The van der Waals surface area contributed by atoms with Crippen LogP contribution in [-0.4, -0.2) is 13.4 Å². The summed E-state index contributed by atoms with van der Waals surface area (Å²) in [5.74, 6) is 0. The maximum absolute atomic E-state index is 2.86. The van der Waals surface area contributed by atoms with Crippen LogP contribution in [0.1, 0.15) is 0 Å². The van der Waals surface area contributed by atoms with Crippen molar-refractivity contribution >= 4 is 8.41 Å². The van der Waals surface area contributed by atoms with E-state index in [1.807, 2.05) is 24.5 Å². The van der Waals surface area contributed by atoms with E-state index in [2.05, 4.69) is 4.98 Å². The zero-order valence-electron chi connectivity index (χ0n) is 3.81. The summed E-state index contributed by atoms with van der Waals surface area (Å²) >= 11 is 0. The van der Waals surface area contributed by atoms with Gasteiger partial charge in [0.25, 0.3) is 0 Å². The van der Waals surface area contributed by atoms with Gasteiger partial charge in [0.15, 0.2) is 0 Å². The normalized spacial score (nSPS) is 5.71. The number of hydrogen-bond acceptors (Lipinski definition) is 0. The molecule has 1 nitrogen and oxygen atoms in total. The van der Waals surface area contributed by atoms with Gasteiger partial charge in [-0.1, -0.05) is 8.41 Å². The molecule has 0 saturated heterocycles. The quantitative estimate of drug-likeness (QED) is 0.330. The summed E-state index contributed by atoms with van der Waals surface area (Å²) in [6.07, 6.45) is 3.75. The van der Waals surface area contributed by atoms with E-state index in [1.165, 1.54) is 0 Å². The number of aromatic nitrogens is 1. The fourth-order valence-corrected chi connectivity index (χ4v) is 0.278. The van der Waals surface area contributed by atoms with E-state index in [0.29, 0.717) is 0 Å². The minimum absolute atomic E-state index is 0. The second-order valence-electron chi connectivity index (χ2n) is 0.885. The molecule has 0 atom stereocenters. The Labute approximate surface area is 67.4 Å². The molecule has 3 heteroatoms. The van der Waals surface area contributed by atoms with Crippen LogP contribution in [0.25, 0.3) is 0 Å². The summed E-state index contributed by atoms with van der Waals surface area (Å²) in [6.45, 7) is 0. The van der Waals surface area contributed by atoms with Gasteiger partial charge >= 0.3 is 29.6 Å². The van der Waals surface area contributed by atoms with Crippen LogP contribution in [0.2, 0.25) is 0 Å². The first-order chi connectivity index (χ1) is 2.50. The van der Waals surface area contributed by atoms with E-state index in [-0.39, 0.29) is 38.0 Å². The number of nitrogens with one attached hydrogen (secondary N) is 1. The van der Waals surface area contributed by atoms with Crippen molar-refractivity contribution in [1.29, 1.82) is 0 Å². The first kappa shape index (κ1) is 10.4. The smallest absolute Gasteiger partial charge is 0.368 e. The van der Waals surface area contributed by atoms with Gasteiger partial charge in [0.1, 0.15) is 0 Å². The van der Waals surface area contributed by atoms with Crippen molar-refractivity contribution in [2.45, 2.75) is 0 Å². The van der Waals surface area contributed by atoms with E-state index in [1.54, 1.807) is 0 Å². The maximum atomic E-state index is 2.86.